The molecule has 0 bridgehead atoms. The van der Waals surface area contributed by atoms with Crippen molar-refractivity contribution in [3.8, 4) is 11.5 Å². The predicted octanol–water partition coefficient (Wildman–Crippen LogP) is 4.16. The molecule has 0 amide bonds. The highest BCUT2D eigenvalue weighted by Gasteiger charge is 2.18. The third-order valence-electron chi connectivity index (χ3n) is 3.63. The summed E-state index contributed by atoms with van der Waals surface area (Å²) in [5.74, 6) is 1.85. The highest BCUT2D eigenvalue weighted by atomic mass is 16.5. The maximum atomic E-state index is 5.94. The topological polar surface area (TPSA) is 30.5 Å². The summed E-state index contributed by atoms with van der Waals surface area (Å²) in [6.07, 6.45) is 0. The molecule has 0 saturated carbocycles. The van der Waals surface area contributed by atoms with E-state index in [0.717, 1.165) is 23.6 Å². The lowest BCUT2D eigenvalue weighted by atomic mass is 9.86. The molecule has 1 N–H and O–H groups in total. The van der Waals surface area contributed by atoms with Crippen LogP contribution in [0.4, 0.5) is 0 Å². The molecule has 124 valence electrons. The summed E-state index contributed by atoms with van der Waals surface area (Å²) < 4.78 is 11.8. The Morgan fingerprint density at radius 1 is 0.826 bits per heavy atom. The lowest BCUT2D eigenvalue weighted by Crippen LogP contribution is -2.16. The van der Waals surface area contributed by atoms with Gasteiger partial charge in [0, 0.05) is 12.1 Å². The molecule has 0 aliphatic rings. The van der Waals surface area contributed by atoms with Crippen molar-refractivity contribution in [2.45, 2.75) is 32.7 Å². The number of hydrogen-bond donors (Lipinski definition) is 1. The van der Waals surface area contributed by atoms with Gasteiger partial charge in [-0.05, 0) is 30.2 Å². The molecule has 3 nitrogen and oxygen atoms in total. The third kappa shape index (κ3) is 5.00. The number of benzene rings is 2. The second-order valence-electron chi connectivity index (χ2n) is 6.58. The zero-order chi connectivity index (χ0) is 16.7. The first-order valence-corrected chi connectivity index (χ1v) is 8.10. The van der Waals surface area contributed by atoms with Gasteiger partial charge in [0.2, 0.25) is 0 Å². The van der Waals surface area contributed by atoms with E-state index in [-0.39, 0.29) is 5.41 Å². The van der Waals surface area contributed by atoms with Gasteiger partial charge in [-0.2, -0.15) is 0 Å². The van der Waals surface area contributed by atoms with Gasteiger partial charge in [-0.25, -0.2) is 0 Å². The number of nitrogens with one attached hydrogen (secondary N) is 1. The summed E-state index contributed by atoms with van der Waals surface area (Å²) in [4.78, 5) is 0. The maximum absolute atomic E-state index is 5.94. The van der Waals surface area contributed by atoms with Gasteiger partial charge in [-0.3, -0.25) is 0 Å². The Morgan fingerprint density at radius 2 is 1.39 bits per heavy atom. The van der Waals surface area contributed by atoms with E-state index in [2.05, 4.69) is 44.3 Å². The number of para-hydroxylation sites is 2. The highest BCUT2D eigenvalue weighted by Crippen LogP contribution is 2.30. The van der Waals surface area contributed by atoms with Gasteiger partial charge >= 0.3 is 0 Å². The van der Waals surface area contributed by atoms with E-state index in [1.165, 1.54) is 5.56 Å². The quantitative estimate of drug-likeness (QED) is 0.779. The Bertz CT molecular complexity index is 617. The van der Waals surface area contributed by atoms with Gasteiger partial charge in [-0.15, -0.1) is 0 Å². The summed E-state index contributed by atoms with van der Waals surface area (Å²) in [5, 5.41) is 3.15. The lowest BCUT2D eigenvalue weighted by molar-refractivity contribution is 0.213. The molecule has 3 heteroatoms. The molecule has 0 heterocycles. The molecule has 2 rings (SSSR count). The van der Waals surface area contributed by atoms with E-state index in [4.69, 9.17) is 9.47 Å². The second-order valence-corrected chi connectivity index (χ2v) is 6.58. The molecule has 0 aliphatic carbocycles. The van der Waals surface area contributed by atoms with Gasteiger partial charge < -0.3 is 14.8 Å². The minimum atomic E-state index is 0.0663. The highest BCUT2D eigenvalue weighted by molar-refractivity contribution is 5.38. The molecular weight excluding hydrogens is 286 g/mol. The Hall–Kier alpha value is -2.00. The second kappa shape index (κ2) is 8.02. The molecule has 0 spiro atoms. The summed E-state index contributed by atoms with van der Waals surface area (Å²) in [7, 11) is 1.93. The van der Waals surface area contributed by atoms with Crippen molar-refractivity contribution in [1.29, 1.82) is 0 Å². The van der Waals surface area contributed by atoms with Crippen LogP contribution in [0.25, 0.3) is 0 Å². The van der Waals surface area contributed by atoms with Gasteiger partial charge in [-0.1, -0.05) is 57.2 Å². The molecule has 2 aromatic carbocycles. The molecule has 0 aromatic heterocycles. The summed E-state index contributed by atoms with van der Waals surface area (Å²) in [6.45, 7) is 8.43. The van der Waals surface area contributed by atoms with E-state index < -0.39 is 0 Å². The molecule has 0 fully saturated rings. The van der Waals surface area contributed by atoms with Crippen molar-refractivity contribution in [3.05, 3.63) is 59.7 Å². The van der Waals surface area contributed by atoms with Gasteiger partial charge in [0.1, 0.15) is 24.7 Å². The van der Waals surface area contributed by atoms with Gasteiger partial charge in [0.05, 0.1) is 0 Å². The van der Waals surface area contributed by atoms with E-state index in [0.29, 0.717) is 13.2 Å². The molecule has 0 unspecified atom stereocenters. The van der Waals surface area contributed by atoms with E-state index in [1.807, 2.05) is 37.4 Å². The average molecular weight is 313 g/mol. The van der Waals surface area contributed by atoms with Gasteiger partial charge in [0.25, 0.3) is 0 Å². The first-order chi connectivity index (χ1) is 11.0. The Balaban J connectivity index is 1.92. The Kier molecular flexibility index (Phi) is 6.05. The number of hydrogen-bond acceptors (Lipinski definition) is 3. The van der Waals surface area contributed by atoms with Crippen LogP contribution >= 0.6 is 0 Å². The van der Waals surface area contributed by atoms with Crippen molar-refractivity contribution < 1.29 is 9.47 Å². The first kappa shape index (κ1) is 17.4. The summed E-state index contributed by atoms with van der Waals surface area (Å²) in [5.41, 5.74) is 2.44. The fraction of sp³-hybridized carbons (Fsp3) is 0.400. The average Bonchev–Trinajstić information content (AvgIpc) is 2.53. The zero-order valence-corrected chi connectivity index (χ0v) is 14.6. The van der Waals surface area contributed by atoms with Crippen LogP contribution in [-0.2, 0) is 12.0 Å². The van der Waals surface area contributed by atoms with Crippen LogP contribution in [0.5, 0.6) is 11.5 Å². The maximum Gasteiger partial charge on any atom is 0.123 e. The Morgan fingerprint density at radius 3 is 2.04 bits per heavy atom. The van der Waals surface area contributed by atoms with Crippen molar-refractivity contribution in [3.63, 3.8) is 0 Å². The molecule has 0 saturated heterocycles. The predicted molar refractivity (Wildman–Crippen MR) is 95.3 cm³/mol. The van der Waals surface area contributed by atoms with Crippen LogP contribution < -0.4 is 14.8 Å². The number of ether oxygens (including phenoxy) is 2. The fourth-order valence-electron chi connectivity index (χ4n) is 2.50. The first-order valence-electron chi connectivity index (χ1n) is 8.10. The molecule has 0 atom stereocenters. The lowest BCUT2D eigenvalue weighted by Gasteiger charge is -2.22. The minimum absolute atomic E-state index is 0.0663. The molecular formula is C20H27NO2. The van der Waals surface area contributed by atoms with Gasteiger partial charge in [0.15, 0.2) is 0 Å². The van der Waals surface area contributed by atoms with Crippen LogP contribution in [-0.4, -0.2) is 20.3 Å². The van der Waals surface area contributed by atoms with Crippen molar-refractivity contribution in [1.82, 2.24) is 5.32 Å². The van der Waals surface area contributed by atoms with Crippen molar-refractivity contribution in [2.24, 2.45) is 0 Å². The summed E-state index contributed by atoms with van der Waals surface area (Å²) in [6, 6.07) is 16.3. The van der Waals surface area contributed by atoms with Crippen LogP contribution in [0, 0.1) is 0 Å². The standard InChI is InChI=1S/C20H27NO2/c1-20(2,3)17-10-6-8-12-19(17)23-14-13-22-18-11-7-5-9-16(18)15-21-4/h5-12,21H,13-15H2,1-4H3. The summed E-state index contributed by atoms with van der Waals surface area (Å²) >= 11 is 0. The van der Waals surface area contributed by atoms with E-state index >= 15 is 0 Å². The molecule has 23 heavy (non-hydrogen) atoms. The van der Waals surface area contributed by atoms with Crippen LogP contribution in [0.15, 0.2) is 48.5 Å². The SMILES string of the molecule is CNCc1ccccc1OCCOc1ccccc1C(C)(C)C. The van der Waals surface area contributed by atoms with Crippen molar-refractivity contribution in [2.75, 3.05) is 20.3 Å². The van der Waals surface area contributed by atoms with Crippen LogP contribution in [0.2, 0.25) is 0 Å². The molecule has 0 radical (unpaired) electrons. The monoisotopic (exact) mass is 313 g/mol. The van der Waals surface area contributed by atoms with E-state index in [9.17, 15) is 0 Å². The number of rotatable bonds is 7. The van der Waals surface area contributed by atoms with Crippen LogP contribution in [0.3, 0.4) is 0 Å². The smallest absolute Gasteiger partial charge is 0.123 e. The van der Waals surface area contributed by atoms with E-state index in [1.54, 1.807) is 0 Å². The van der Waals surface area contributed by atoms with Crippen LogP contribution in [0.1, 0.15) is 31.9 Å². The normalized spacial score (nSPS) is 11.3. The Labute approximate surface area is 139 Å². The zero-order valence-electron chi connectivity index (χ0n) is 14.6. The molecule has 0 aliphatic heterocycles. The minimum Gasteiger partial charge on any atom is -0.490 e. The largest absolute Gasteiger partial charge is 0.490 e. The third-order valence-corrected chi connectivity index (χ3v) is 3.63. The van der Waals surface area contributed by atoms with Crippen molar-refractivity contribution >= 4 is 0 Å². The molecule has 2 aromatic rings. The fourth-order valence-corrected chi connectivity index (χ4v) is 2.50.